The number of fused-ring (bicyclic) bond motifs is 3. The summed E-state index contributed by atoms with van der Waals surface area (Å²) in [5.74, 6) is 0. The van der Waals surface area contributed by atoms with Crippen LogP contribution in [0, 0.1) is 6.92 Å². The number of aryl methyl sites for hydroxylation is 1. The van der Waals surface area contributed by atoms with Crippen LogP contribution in [0.4, 0.5) is 0 Å². The molecule has 0 saturated heterocycles. The fourth-order valence-corrected chi connectivity index (χ4v) is 13.3. The molecule has 0 amide bonds. The number of hydrogen-bond donors (Lipinski definition) is 0. The third-order valence-electron chi connectivity index (χ3n) is 7.48. The Morgan fingerprint density at radius 2 is 1.12 bits per heavy atom. The van der Waals surface area contributed by atoms with Gasteiger partial charge < -0.3 is 0 Å². The molecule has 0 N–H and O–H groups in total. The molecule has 0 aliphatic heterocycles. The van der Waals surface area contributed by atoms with Crippen molar-refractivity contribution in [2.45, 2.75) is 131 Å². The molecule has 32 heavy (non-hydrogen) atoms. The molecule has 0 unspecified atom stereocenters. The Kier molecular flexibility index (Phi) is 10.3. The number of unbranched alkanes of at least 4 members (excludes halogenated alkanes) is 10. The summed E-state index contributed by atoms with van der Waals surface area (Å²) in [4.78, 5) is 12.6. The first kappa shape index (κ1) is 26.8. The van der Waals surface area contributed by atoms with Gasteiger partial charge in [-0.05, 0) is 0 Å². The minimum atomic E-state index is -2.07. The van der Waals surface area contributed by atoms with Crippen molar-refractivity contribution in [2.24, 2.45) is 0 Å². The van der Waals surface area contributed by atoms with Crippen LogP contribution >= 0.6 is 22.7 Å². The van der Waals surface area contributed by atoms with Crippen molar-refractivity contribution < 1.29 is 0 Å². The summed E-state index contributed by atoms with van der Waals surface area (Å²) in [6, 6.07) is 5.31. The number of rotatable bonds is 15. The monoisotopic (exact) mass is 580 g/mol. The van der Waals surface area contributed by atoms with Crippen LogP contribution in [0.1, 0.15) is 120 Å². The van der Waals surface area contributed by atoms with Gasteiger partial charge in [-0.1, -0.05) is 0 Å². The van der Waals surface area contributed by atoms with Crippen molar-refractivity contribution in [1.29, 1.82) is 0 Å². The normalized spacial score (nSPS) is 14.7. The summed E-state index contributed by atoms with van der Waals surface area (Å²) in [6.45, 7) is 6.98. The first-order valence-electron chi connectivity index (χ1n) is 13.6. The van der Waals surface area contributed by atoms with Gasteiger partial charge in [0.05, 0.1) is 0 Å². The third kappa shape index (κ3) is 6.25. The number of thiophene rings is 2. The Bertz CT molecular complexity index is 820. The average molecular weight is 580 g/mol. The van der Waals surface area contributed by atoms with Crippen LogP contribution in [0.15, 0.2) is 12.1 Å². The van der Waals surface area contributed by atoms with Crippen LogP contribution < -0.4 is 2.89 Å². The van der Waals surface area contributed by atoms with E-state index in [9.17, 15) is 0 Å². The first-order chi connectivity index (χ1) is 15.3. The molecule has 0 saturated carbocycles. The predicted octanol–water partition coefficient (Wildman–Crippen LogP) is 10.4. The minimum absolute atomic E-state index is 0.316. The van der Waals surface area contributed by atoms with E-state index in [1.165, 1.54) is 94.8 Å². The van der Waals surface area contributed by atoms with E-state index in [1.807, 2.05) is 0 Å². The molecule has 180 valence electrons. The second-order valence-corrected chi connectivity index (χ2v) is 29.0. The third-order valence-corrected chi connectivity index (χ3v) is 19.3. The molecule has 0 aromatic carbocycles. The summed E-state index contributed by atoms with van der Waals surface area (Å²) >= 11 is 2.20. The molecule has 0 spiro atoms. The molecular formula is C29H48S2Sn. The molecule has 1 aliphatic carbocycles. The van der Waals surface area contributed by atoms with Crippen LogP contribution in [0.3, 0.4) is 0 Å². The van der Waals surface area contributed by atoms with E-state index in [1.54, 1.807) is 23.8 Å². The van der Waals surface area contributed by atoms with Crippen LogP contribution in [-0.2, 0) is 5.41 Å². The van der Waals surface area contributed by atoms with Crippen molar-refractivity contribution in [3.05, 3.63) is 28.1 Å². The Morgan fingerprint density at radius 3 is 1.66 bits per heavy atom. The molecule has 2 heterocycles. The van der Waals surface area contributed by atoms with Gasteiger partial charge in [0, 0.05) is 0 Å². The van der Waals surface area contributed by atoms with Crippen LogP contribution in [0.5, 0.6) is 0 Å². The standard InChI is InChI=1S/C26H39S2.3CH3.Sn/c1-4-6-8-10-12-14-17-26(18-15-13-11-9-7-5-2)22-16-19-27-24(22)25-23(26)20-21(3)28-25;;;;/h16,20H,4-15,17-18H2,1-3H3;3*1H3;. The van der Waals surface area contributed by atoms with Crippen LogP contribution in [0.2, 0.25) is 14.8 Å². The van der Waals surface area contributed by atoms with Gasteiger partial charge in [0.15, 0.2) is 0 Å². The van der Waals surface area contributed by atoms with Gasteiger partial charge in [-0.15, -0.1) is 0 Å². The molecular weight excluding hydrogens is 531 g/mol. The summed E-state index contributed by atoms with van der Waals surface area (Å²) < 4.78 is 1.79. The topological polar surface area (TPSA) is 0 Å². The van der Waals surface area contributed by atoms with Gasteiger partial charge in [0.25, 0.3) is 0 Å². The van der Waals surface area contributed by atoms with Gasteiger partial charge >= 0.3 is 213 Å². The van der Waals surface area contributed by atoms with Crippen LogP contribution in [0.25, 0.3) is 9.75 Å². The van der Waals surface area contributed by atoms with Gasteiger partial charge in [-0.2, -0.15) is 0 Å². The molecule has 0 nitrogen and oxygen atoms in total. The fraction of sp³-hybridized carbons (Fsp3) is 0.724. The van der Waals surface area contributed by atoms with Crippen LogP contribution in [-0.4, -0.2) is 18.4 Å². The van der Waals surface area contributed by atoms with Gasteiger partial charge in [0.1, 0.15) is 0 Å². The van der Waals surface area contributed by atoms with Crippen molar-refractivity contribution in [1.82, 2.24) is 0 Å². The Hall–Kier alpha value is 0.199. The van der Waals surface area contributed by atoms with Crippen molar-refractivity contribution >= 4 is 43.9 Å². The molecule has 3 heteroatoms. The average Bonchev–Trinajstić information content (AvgIpc) is 3.40. The molecule has 2 aromatic heterocycles. The second kappa shape index (κ2) is 12.2. The van der Waals surface area contributed by atoms with E-state index < -0.39 is 18.4 Å². The van der Waals surface area contributed by atoms with Gasteiger partial charge in [0.2, 0.25) is 0 Å². The molecule has 1 aliphatic rings. The summed E-state index contributed by atoms with van der Waals surface area (Å²) in [6.07, 6.45) is 19.6. The van der Waals surface area contributed by atoms with Crippen molar-refractivity contribution in [3.8, 4) is 9.75 Å². The summed E-state index contributed by atoms with van der Waals surface area (Å²) in [7, 11) is 0. The van der Waals surface area contributed by atoms with Gasteiger partial charge in [-0.3, -0.25) is 0 Å². The zero-order chi connectivity index (χ0) is 23.2. The Morgan fingerprint density at radius 1 is 0.656 bits per heavy atom. The maximum atomic E-state index is 2.73. The number of hydrogen-bond acceptors (Lipinski definition) is 2. The SMILES string of the molecule is CCCCCCCCC1(CCCCCCCC)c2cc(C)sc2-c2s[c]([Sn]([CH3])([CH3])[CH3])cc21. The summed E-state index contributed by atoms with van der Waals surface area (Å²) in [5.41, 5.74) is 3.79. The first-order valence-corrected chi connectivity index (χ1v) is 25.2. The summed E-state index contributed by atoms with van der Waals surface area (Å²) in [5, 5.41) is 0. The van der Waals surface area contributed by atoms with E-state index in [0.717, 1.165) is 0 Å². The molecule has 3 rings (SSSR count). The molecule has 0 atom stereocenters. The van der Waals surface area contributed by atoms with E-state index in [4.69, 9.17) is 0 Å². The van der Waals surface area contributed by atoms with Gasteiger partial charge in [-0.25, -0.2) is 0 Å². The Balaban J connectivity index is 1.85. The predicted molar refractivity (Wildman–Crippen MR) is 152 cm³/mol. The van der Waals surface area contributed by atoms with E-state index in [-0.39, 0.29) is 0 Å². The maximum absolute atomic E-state index is 2.73. The molecule has 0 radical (unpaired) electrons. The molecule has 0 bridgehead atoms. The van der Waals surface area contributed by atoms with Crippen molar-refractivity contribution in [2.75, 3.05) is 0 Å². The Labute approximate surface area is 211 Å². The molecule has 2 aromatic rings. The fourth-order valence-electron chi connectivity index (χ4n) is 5.55. The van der Waals surface area contributed by atoms with Crippen molar-refractivity contribution in [3.63, 3.8) is 0 Å². The quantitative estimate of drug-likeness (QED) is 0.145. The van der Waals surface area contributed by atoms with E-state index in [2.05, 4.69) is 70.4 Å². The van der Waals surface area contributed by atoms with E-state index in [0.29, 0.717) is 5.41 Å². The van der Waals surface area contributed by atoms with E-state index >= 15 is 0 Å². The molecule has 0 fully saturated rings. The zero-order valence-electron chi connectivity index (χ0n) is 21.9. The zero-order valence-corrected chi connectivity index (χ0v) is 26.4. The second-order valence-electron chi connectivity index (χ2n) is 11.3.